The number of anilines is 3. The molecule has 1 aromatic heterocycles. The van der Waals surface area contributed by atoms with Crippen LogP contribution in [0.1, 0.15) is 42.4 Å². The van der Waals surface area contributed by atoms with Gasteiger partial charge in [0.05, 0.1) is 16.2 Å². The number of rotatable bonds is 5. The van der Waals surface area contributed by atoms with E-state index in [9.17, 15) is 23.3 Å². The molecule has 178 valence electrons. The van der Waals surface area contributed by atoms with Gasteiger partial charge in [-0.25, -0.2) is 9.97 Å². The number of para-hydroxylation sites is 2. The van der Waals surface area contributed by atoms with Gasteiger partial charge in [-0.2, -0.15) is 13.2 Å². The molecule has 7 nitrogen and oxygen atoms in total. The Kier molecular flexibility index (Phi) is 6.41. The smallest absolute Gasteiger partial charge is 0.365 e. The summed E-state index contributed by atoms with van der Waals surface area (Å²) in [5.41, 5.74) is 2.07. The summed E-state index contributed by atoms with van der Waals surface area (Å²) < 4.78 is 38.8. The van der Waals surface area contributed by atoms with Crippen LogP contribution in [-0.2, 0) is 19.0 Å². The van der Waals surface area contributed by atoms with E-state index in [-0.39, 0.29) is 16.5 Å². The zero-order valence-electron chi connectivity index (χ0n) is 18.8. The van der Waals surface area contributed by atoms with E-state index in [0.717, 1.165) is 23.4 Å². The van der Waals surface area contributed by atoms with Gasteiger partial charge >= 0.3 is 6.18 Å². The van der Waals surface area contributed by atoms with Gasteiger partial charge in [0.25, 0.3) is 5.69 Å². The van der Waals surface area contributed by atoms with Crippen molar-refractivity contribution in [3.8, 4) is 0 Å². The molecule has 0 aliphatic carbocycles. The molecular formula is C24H24F3N5O2. The molecule has 2 aromatic carbocycles. The van der Waals surface area contributed by atoms with Crippen molar-refractivity contribution in [3.63, 3.8) is 0 Å². The van der Waals surface area contributed by atoms with E-state index in [2.05, 4.69) is 10.3 Å². The Bertz CT molecular complexity index is 1200. The number of benzene rings is 2. The molecule has 0 saturated heterocycles. The molecule has 0 unspecified atom stereocenters. The van der Waals surface area contributed by atoms with Gasteiger partial charge < -0.3 is 10.2 Å². The van der Waals surface area contributed by atoms with Crippen molar-refractivity contribution >= 4 is 22.9 Å². The van der Waals surface area contributed by atoms with Gasteiger partial charge in [-0.1, -0.05) is 26.0 Å². The van der Waals surface area contributed by atoms with Crippen LogP contribution in [0.15, 0.2) is 48.5 Å². The van der Waals surface area contributed by atoms with E-state index in [0.29, 0.717) is 48.9 Å². The Hall–Kier alpha value is -3.69. The standard InChI is InChI=1S/C24H24F3N5O2/c1-15(2)22-29-19-12-14-31(20-5-3-4-6-21(20)32(33)34)13-11-18(19)23(30-22)28-17-9-7-16(8-10-17)24(25,26)27/h3-10,15H,11-14H2,1-2H3,(H,28,29,30). The molecule has 0 atom stereocenters. The zero-order valence-corrected chi connectivity index (χ0v) is 18.8. The molecule has 4 rings (SSSR count). The summed E-state index contributed by atoms with van der Waals surface area (Å²) in [7, 11) is 0. The molecular weight excluding hydrogens is 447 g/mol. The van der Waals surface area contributed by atoms with Crippen LogP contribution in [-0.4, -0.2) is 28.0 Å². The molecule has 0 radical (unpaired) electrons. The van der Waals surface area contributed by atoms with Gasteiger partial charge in [-0.3, -0.25) is 10.1 Å². The Morgan fingerprint density at radius 2 is 1.71 bits per heavy atom. The van der Waals surface area contributed by atoms with Crippen molar-refractivity contribution in [1.82, 2.24) is 9.97 Å². The van der Waals surface area contributed by atoms with Crippen LogP contribution in [0.4, 0.5) is 36.1 Å². The molecule has 0 spiro atoms. The summed E-state index contributed by atoms with van der Waals surface area (Å²) >= 11 is 0. The number of alkyl halides is 3. The maximum absolute atomic E-state index is 12.9. The molecule has 1 N–H and O–H groups in total. The van der Waals surface area contributed by atoms with E-state index >= 15 is 0 Å². The third-order valence-corrected chi connectivity index (χ3v) is 5.77. The Morgan fingerprint density at radius 1 is 1.03 bits per heavy atom. The molecule has 1 aliphatic heterocycles. The minimum absolute atomic E-state index is 0.0468. The summed E-state index contributed by atoms with van der Waals surface area (Å²) in [5, 5.41) is 14.7. The van der Waals surface area contributed by atoms with E-state index < -0.39 is 11.7 Å². The quantitative estimate of drug-likeness (QED) is 0.370. The normalized spacial score (nSPS) is 14.0. The summed E-state index contributed by atoms with van der Waals surface area (Å²) in [4.78, 5) is 22.5. The van der Waals surface area contributed by atoms with Crippen molar-refractivity contribution in [3.05, 3.63) is 81.3 Å². The van der Waals surface area contributed by atoms with Crippen LogP contribution in [0.2, 0.25) is 0 Å². The molecule has 0 bridgehead atoms. The molecule has 0 fully saturated rings. The lowest BCUT2D eigenvalue weighted by Gasteiger charge is -2.22. The van der Waals surface area contributed by atoms with Crippen LogP contribution < -0.4 is 10.2 Å². The molecule has 3 aromatic rings. The first-order chi connectivity index (χ1) is 16.1. The van der Waals surface area contributed by atoms with Gasteiger partial charge in [-0.05, 0) is 36.8 Å². The summed E-state index contributed by atoms with van der Waals surface area (Å²) in [6.07, 6.45) is -3.31. The minimum Gasteiger partial charge on any atom is -0.365 e. The number of nitro groups is 1. The first-order valence-corrected chi connectivity index (χ1v) is 11.0. The zero-order chi connectivity index (χ0) is 24.5. The lowest BCUT2D eigenvalue weighted by molar-refractivity contribution is -0.384. The van der Waals surface area contributed by atoms with Crippen molar-refractivity contribution < 1.29 is 18.1 Å². The first-order valence-electron chi connectivity index (χ1n) is 11.0. The van der Waals surface area contributed by atoms with Crippen molar-refractivity contribution in [2.45, 2.75) is 38.8 Å². The van der Waals surface area contributed by atoms with Crippen molar-refractivity contribution in [2.75, 3.05) is 23.3 Å². The SMILES string of the molecule is CC(C)c1nc2c(c(Nc3ccc(C(F)(F)F)cc3)n1)CCN(c1ccccc1[N+](=O)[O-])CC2. The van der Waals surface area contributed by atoms with E-state index in [1.807, 2.05) is 18.7 Å². The average Bonchev–Trinajstić information content (AvgIpc) is 3.01. The second kappa shape index (κ2) is 9.28. The van der Waals surface area contributed by atoms with Crippen molar-refractivity contribution in [1.29, 1.82) is 0 Å². The second-order valence-electron chi connectivity index (χ2n) is 8.44. The van der Waals surface area contributed by atoms with E-state index in [1.54, 1.807) is 18.2 Å². The summed E-state index contributed by atoms with van der Waals surface area (Å²) in [6.45, 7) is 5.01. The predicted octanol–water partition coefficient (Wildman–Crippen LogP) is 5.88. The van der Waals surface area contributed by atoms with Crippen LogP contribution in [0.5, 0.6) is 0 Å². The Morgan fingerprint density at radius 3 is 2.35 bits per heavy atom. The second-order valence-corrected chi connectivity index (χ2v) is 8.44. The van der Waals surface area contributed by atoms with Gasteiger partial charge in [0.15, 0.2) is 0 Å². The molecule has 10 heteroatoms. The highest BCUT2D eigenvalue weighted by atomic mass is 19.4. The fraction of sp³-hybridized carbons (Fsp3) is 0.333. The lowest BCUT2D eigenvalue weighted by Crippen LogP contribution is -2.26. The summed E-state index contributed by atoms with van der Waals surface area (Å²) in [6, 6.07) is 11.5. The lowest BCUT2D eigenvalue weighted by atomic mass is 10.1. The third kappa shape index (κ3) is 4.95. The number of fused-ring (bicyclic) bond motifs is 1. The monoisotopic (exact) mass is 471 g/mol. The Labute approximate surface area is 194 Å². The largest absolute Gasteiger partial charge is 0.416 e. The minimum atomic E-state index is -4.40. The van der Waals surface area contributed by atoms with Gasteiger partial charge in [0.2, 0.25) is 0 Å². The van der Waals surface area contributed by atoms with E-state index in [4.69, 9.17) is 4.98 Å². The predicted molar refractivity (Wildman–Crippen MR) is 124 cm³/mol. The van der Waals surface area contributed by atoms with Crippen LogP contribution in [0, 0.1) is 10.1 Å². The molecule has 0 amide bonds. The van der Waals surface area contributed by atoms with Gasteiger partial charge in [0.1, 0.15) is 17.3 Å². The fourth-order valence-corrected chi connectivity index (χ4v) is 3.99. The molecule has 1 aliphatic rings. The number of nitrogens with zero attached hydrogens (tertiary/aromatic N) is 4. The number of hydrogen-bond acceptors (Lipinski definition) is 6. The average molecular weight is 471 g/mol. The van der Waals surface area contributed by atoms with Gasteiger partial charge in [-0.15, -0.1) is 0 Å². The molecule has 0 saturated carbocycles. The highest BCUT2D eigenvalue weighted by Crippen LogP contribution is 2.33. The van der Waals surface area contributed by atoms with Crippen molar-refractivity contribution in [2.24, 2.45) is 0 Å². The first kappa shape index (κ1) is 23.5. The maximum atomic E-state index is 12.9. The highest BCUT2D eigenvalue weighted by Gasteiger charge is 2.30. The van der Waals surface area contributed by atoms with Crippen LogP contribution >= 0.6 is 0 Å². The number of halogens is 3. The highest BCUT2D eigenvalue weighted by molar-refractivity contribution is 5.65. The fourth-order valence-electron chi connectivity index (χ4n) is 3.99. The summed E-state index contributed by atoms with van der Waals surface area (Å²) in [5.74, 6) is 1.23. The number of aromatic nitrogens is 2. The van der Waals surface area contributed by atoms with E-state index in [1.165, 1.54) is 18.2 Å². The topological polar surface area (TPSA) is 84.2 Å². The maximum Gasteiger partial charge on any atom is 0.416 e. The van der Waals surface area contributed by atoms with Crippen LogP contribution in [0.25, 0.3) is 0 Å². The molecule has 34 heavy (non-hydrogen) atoms. The molecule has 2 heterocycles. The third-order valence-electron chi connectivity index (χ3n) is 5.77. The number of nitro benzene ring substituents is 1. The van der Waals surface area contributed by atoms with Crippen LogP contribution in [0.3, 0.4) is 0 Å². The number of hydrogen-bond donors (Lipinski definition) is 1. The Balaban J connectivity index is 1.66. The van der Waals surface area contributed by atoms with Gasteiger partial charge in [0, 0.05) is 42.7 Å². The number of nitrogens with one attached hydrogen (secondary N) is 1.